The lowest BCUT2D eigenvalue weighted by Gasteiger charge is -2.32. The molecule has 5 heteroatoms. The van der Waals surface area contributed by atoms with E-state index in [0.717, 1.165) is 42.6 Å². The highest BCUT2D eigenvalue weighted by Crippen LogP contribution is 2.29. The van der Waals surface area contributed by atoms with E-state index in [0.29, 0.717) is 18.2 Å². The number of nitrogens with one attached hydrogen (secondary N) is 1. The summed E-state index contributed by atoms with van der Waals surface area (Å²) in [5.41, 5.74) is 1.79. The first-order valence-corrected chi connectivity index (χ1v) is 8.69. The van der Waals surface area contributed by atoms with Crippen LogP contribution in [0, 0.1) is 5.92 Å². The molecule has 1 atom stereocenters. The molecule has 130 valence electrons. The second kappa shape index (κ2) is 7.36. The molecule has 1 N–H and O–H groups in total. The highest BCUT2D eigenvalue weighted by atomic mass is 16.3. The molecular weight excluding hydrogens is 302 g/mol. The molecule has 24 heavy (non-hydrogen) atoms. The van der Waals surface area contributed by atoms with Gasteiger partial charge in [0.25, 0.3) is 5.91 Å². The number of piperidine rings is 1. The number of likely N-dealkylation sites (tertiary alicyclic amines) is 1. The van der Waals surface area contributed by atoms with Crippen LogP contribution in [0.15, 0.2) is 28.7 Å². The number of rotatable bonds is 5. The quantitative estimate of drug-likeness (QED) is 0.916. The Kier molecular flexibility index (Phi) is 5.21. The summed E-state index contributed by atoms with van der Waals surface area (Å²) < 4.78 is 5.98. The molecule has 1 aliphatic rings. The van der Waals surface area contributed by atoms with E-state index in [2.05, 4.69) is 10.2 Å². The smallest absolute Gasteiger partial charge is 0.289 e. The summed E-state index contributed by atoms with van der Waals surface area (Å²) in [6.07, 6.45) is 2.23. The molecule has 0 radical (unpaired) electrons. The van der Waals surface area contributed by atoms with E-state index in [9.17, 15) is 4.79 Å². The summed E-state index contributed by atoms with van der Waals surface area (Å²) in [5, 5.41) is 4.27. The number of amides is 1. The van der Waals surface area contributed by atoms with Crippen LogP contribution in [0.1, 0.15) is 29.0 Å². The maximum atomic E-state index is 13.1. The Morgan fingerprint density at radius 1 is 1.38 bits per heavy atom. The molecule has 1 aliphatic heterocycles. The number of fused-ring (bicyclic) bond motifs is 1. The highest BCUT2D eigenvalue weighted by Gasteiger charge is 2.29. The third-order valence-electron chi connectivity index (χ3n) is 4.67. The van der Waals surface area contributed by atoms with Crippen molar-refractivity contribution >= 4 is 16.9 Å². The SMILES string of the molecule is CNC[C@@H]1CCCN(C(=O)c2oc3ccccc3c2CN(C)C)C1. The Balaban J connectivity index is 1.91. The van der Waals surface area contributed by atoms with Crippen LogP contribution in [-0.4, -0.2) is 56.5 Å². The van der Waals surface area contributed by atoms with Crippen molar-refractivity contribution in [3.8, 4) is 0 Å². The molecular formula is C19H27N3O2. The minimum absolute atomic E-state index is 0.0313. The Morgan fingerprint density at radius 2 is 2.17 bits per heavy atom. The molecule has 3 rings (SSSR count). The topological polar surface area (TPSA) is 48.7 Å². The number of hydrogen-bond acceptors (Lipinski definition) is 4. The molecule has 0 aliphatic carbocycles. The number of para-hydroxylation sites is 1. The van der Waals surface area contributed by atoms with E-state index in [-0.39, 0.29) is 5.91 Å². The van der Waals surface area contributed by atoms with Crippen LogP contribution >= 0.6 is 0 Å². The van der Waals surface area contributed by atoms with Crippen molar-refractivity contribution in [3.63, 3.8) is 0 Å². The van der Waals surface area contributed by atoms with Gasteiger partial charge in [-0.25, -0.2) is 0 Å². The van der Waals surface area contributed by atoms with Gasteiger partial charge in [-0.3, -0.25) is 4.79 Å². The summed E-state index contributed by atoms with van der Waals surface area (Å²) in [6.45, 7) is 3.27. The van der Waals surface area contributed by atoms with E-state index in [1.165, 1.54) is 6.42 Å². The summed E-state index contributed by atoms with van der Waals surface area (Å²) in [6, 6.07) is 7.91. The van der Waals surface area contributed by atoms with Gasteiger partial charge in [0.1, 0.15) is 5.58 Å². The van der Waals surface area contributed by atoms with Gasteiger partial charge >= 0.3 is 0 Å². The molecule has 1 aromatic carbocycles. The maximum absolute atomic E-state index is 13.1. The largest absolute Gasteiger partial charge is 0.451 e. The lowest BCUT2D eigenvalue weighted by Crippen LogP contribution is -2.42. The predicted molar refractivity (Wildman–Crippen MR) is 96.2 cm³/mol. The summed E-state index contributed by atoms with van der Waals surface area (Å²) in [5.74, 6) is 1.06. The number of carbonyl (C=O) groups excluding carboxylic acids is 1. The monoisotopic (exact) mass is 329 g/mol. The minimum atomic E-state index is 0.0313. The highest BCUT2D eigenvalue weighted by molar-refractivity contribution is 5.99. The van der Waals surface area contributed by atoms with Crippen molar-refractivity contribution in [2.75, 3.05) is 40.8 Å². The zero-order chi connectivity index (χ0) is 17.1. The van der Waals surface area contributed by atoms with E-state index in [4.69, 9.17) is 4.42 Å². The first-order valence-electron chi connectivity index (χ1n) is 8.69. The standard InChI is InChI=1S/C19H27N3O2/c1-20-11-14-7-6-10-22(12-14)19(23)18-16(13-21(2)3)15-8-4-5-9-17(15)24-18/h4-5,8-9,14,20H,6-7,10-13H2,1-3H3/t14-/m0/s1. The minimum Gasteiger partial charge on any atom is -0.451 e. The molecule has 0 saturated carbocycles. The normalized spacial score (nSPS) is 18.5. The molecule has 0 bridgehead atoms. The Morgan fingerprint density at radius 3 is 2.92 bits per heavy atom. The van der Waals surface area contributed by atoms with Crippen LogP contribution in [0.25, 0.3) is 11.0 Å². The molecule has 0 spiro atoms. The van der Waals surface area contributed by atoms with Crippen LogP contribution in [0.5, 0.6) is 0 Å². The molecule has 5 nitrogen and oxygen atoms in total. The van der Waals surface area contributed by atoms with Crippen molar-refractivity contribution < 1.29 is 9.21 Å². The summed E-state index contributed by atoms with van der Waals surface area (Å²) in [4.78, 5) is 17.2. The fourth-order valence-electron chi connectivity index (χ4n) is 3.59. The molecule has 1 amide bonds. The van der Waals surface area contributed by atoms with Crippen molar-refractivity contribution in [1.82, 2.24) is 15.1 Å². The number of benzene rings is 1. The number of nitrogens with zero attached hydrogens (tertiary/aromatic N) is 2. The van der Waals surface area contributed by atoms with Crippen LogP contribution < -0.4 is 5.32 Å². The van der Waals surface area contributed by atoms with E-state index < -0.39 is 0 Å². The number of furan rings is 1. The van der Waals surface area contributed by atoms with Gasteiger partial charge in [-0.05, 0) is 52.5 Å². The lowest BCUT2D eigenvalue weighted by atomic mass is 9.97. The zero-order valence-corrected chi connectivity index (χ0v) is 14.8. The summed E-state index contributed by atoms with van der Waals surface area (Å²) in [7, 11) is 5.99. The molecule has 1 aromatic heterocycles. The van der Waals surface area contributed by atoms with Gasteiger partial charge in [-0.2, -0.15) is 0 Å². The van der Waals surface area contributed by atoms with Gasteiger partial charge < -0.3 is 19.5 Å². The number of hydrogen-bond donors (Lipinski definition) is 1. The second-order valence-electron chi connectivity index (χ2n) is 6.96. The predicted octanol–water partition coefficient (Wildman–Crippen LogP) is 2.57. The summed E-state index contributed by atoms with van der Waals surface area (Å²) >= 11 is 0. The Labute approximate surface area is 143 Å². The average molecular weight is 329 g/mol. The van der Waals surface area contributed by atoms with Crippen molar-refractivity contribution in [2.24, 2.45) is 5.92 Å². The molecule has 0 unspecified atom stereocenters. The van der Waals surface area contributed by atoms with Gasteiger partial charge in [0.2, 0.25) is 0 Å². The van der Waals surface area contributed by atoms with Crippen molar-refractivity contribution in [3.05, 3.63) is 35.6 Å². The zero-order valence-electron chi connectivity index (χ0n) is 14.8. The van der Waals surface area contributed by atoms with Crippen molar-refractivity contribution in [2.45, 2.75) is 19.4 Å². The van der Waals surface area contributed by atoms with Crippen LogP contribution in [-0.2, 0) is 6.54 Å². The van der Waals surface area contributed by atoms with Gasteiger partial charge in [-0.15, -0.1) is 0 Å². The van der Waals surface area contributed by atoms with Gasteiger partial charge in [0.15, 0.2) is 5.76 Å². The van der Waals surface area contributed by atoms with Crippen LogP contribution in [0.4, 0.5) is 0 Å². The first-order chi connectivity index (χ1) is 11.6. The maximum Gasteiger partial charge on any atom is 0.289 e. The van der Waals surface area contributed by atoms with Gasteiger partial charge in [0.05, 0.1) is 0 Å². The van der Waals surface area contributed by atoms with Crippen LogP contribution in [0.2, 0.25) is 0 Å². The Hall–Kier alpha value is -1.85. The average Bonchev–Trinajstić information content (AvgIpc) is 2.93. The third-order valence-corrected chi connectivity index (χ3v) is 4.67. The fraction of sp³-hybridized carbons (Fsp3) is 0.526. The lowest BCUT2D eigenvalue weighted by molar-refractivity contribution is 0.0642. The second-order valence-corrected chi connectivity index (χ2v) is 6.96. The molecule has 2 heterocycles. The molecule has 1 fully saturated rings. The van der Waals surface area contributed by atoms with E-state index in [1.54, 1.807) is 0 Å². The van der Waals surface area contributed by atoms with Crippen molar-refractivity contribution in [1.29, 1.82) is 0 Å². The molecule has 1 saturated heterocycles. The fourth-order valence-corrected chi connectivity index (χ4v) is 3.59. The molecule has 2 aromatic rings. The van der Waals surface area contributed by atoms with E-state index in [1.807, 2.05) is 50.3 Å². The number of carbonyl (C=O) groups is 1. The van der Waals surface area contributed by atoms with Crippen LogP contribution in [0.3, 0.4) is 0 Å². The Bertz CT molecular complexity index is 706. The van der Waals surface area contributed by atoms with Gasteiger partial charge in [-0.1, -0.05) is 18.2 Å². The third kappa shape index (κ3) is 3.47. The van der Waals surface area contributed by atoms with E-state index >= 15 is 0 Å². The van der Waals surface area contributed by atoms with Gasteiger partial charge in [0, 0.05) is 30.6 Å². The first kappa shape index (κ1) is 17.0.